The average Bonchev–Trinajstić information content (AvgIpc) is 2.96. The molecule has 4 heteroatoms. The maximum Gasteiger partial charge on any atom is 0.217 e. The van der Waals surface area contributed by atoms with E-state index in [4.69, 9.17) is 9.47 Å². The van der Waals surface area contributed by atoms with E-state index < -0.39 is 0 Å². The van der Waals surface area contributed by atoms with Crippen LogP contribution in [0.15, 0.2) is 18.3 Å². The summed E-state index contributed by atoms with van der Waals surface area (Å²) in [5.74, 6) is 0.723. The van der Waals surface area contributed by atoms with E-state index in [0.717, 1.165) is 37.4 Å². The number of methoxy groups -OCH3 is 1. The predicted octanol–water partition coefficient (Wildman–Crippen LogP) is 2.70. The lowest BCUT2D eigenvalue weighted by atomic mass is 10.00. The summed E-state index contributed by atoms with van der Waals surface area (Å²) in [5, 5.41) is 3.52. The van der Waals surface area contributed by atoms with Crippen LogP contribution in [0.4, 0.5) is 0 Å². The monoisotopic (exact) mass is 264 g/mol. The fraction of sp³-hybridized carbons (Fsp3) is 0.667. The van der Waals surface area contributed by atoms with Crippen molar-refractivity contribution < 1.29 is 9.47 Å². The summed E-state index contributed by atoms with van der Waals surface area (Å²) in [7, 11) is 1.68. The maximum absolute atomic E-state index is 5.70. The van der Waals surface area contributed by atoms with Crippen LogP contribution in [0.5, 0.6) is 5.88 Å². The maximum atomic E-state index is 5.70. The molecule has 0 saturated carbocycles. The number of ether oxygens (including phenoxy) is 2. The lowest BCUT2D eigenvalue weighted by Gasteiger charge is -2.21. The summed E-state index contributed by atoms with van der Waals surface area (Å²) in [4.78, 5) is 4.29. The van der Waals surface area contributed by atoms with Gasteiger partial charge in [-0.2, -0.15) is 0 Å². The van der Waals surface area contributed by atoms with Crippen LogP contribution >= 0.6 is 0 Å². The van der Waals surface area contributed by atoms with Crippen molar-refractivity contribution in [2.24, 2.45) is 0 Å². The third-order valence-corrected chi connectivity index (χ3v) is 3.62. The fourth-order valence-electron chi connectivity index (χ4n) is 2.68. The van der Waals surface area contributed by atoms with Crippen LogP contribution in [0, 0.1) is 0 Å². The zero-order chi connectivity index (χ0) is 13.5. The minimum atomic E-state index is 0.290. The highest BCUT2D eigenvalue weighted by Gasteiger charge is 2.20. The molecule has 1 saturated heterocycles. The van der Waals surface area contributed by atoms with E-state index in [0.29, 0.717) is 6.10 Å². The molecule has 19 heavy (non-hydrogen) atoms. The molecule has 2 heterocycles. The topological polar surface area (TPSA) is 43.4 Å². The van der Waals surface area contributed by atoms with Gasteiger partial charge in [0.25, 0.3) is 0 Å². The zero-order valence-electron chi connectivity index (χ0n) is 11.9. The van der Waals surface area contributed by atoms with Gasteiger partial charge in [0.05, 0.1) is 13.2 Å². The molecule has 0 radical (unpaired) electrons. The fourth-order valence-corrected chi connectivity index (χ4v) is 2.68. The van der Waals surface area contributed by atoms with Gasteiger partial charge in [-0.25, -0.2) is 4.98 Å². The number of nitrogens with one attached hydrogen (secondary N) is 1. The molecule has 1 aliphatic rings. The first-order valence-electron chi connectivity index (χ1n) is 7.19. The molecule has 0 aliphatic carbocycles. The van der Waals surface area contributed by atoms with Gasteiger partial charge in [-0.1, -0.05) is 13.0 Å². The van der Waals surface area contributed by atoms with Crippen LogP contribution in [0.2, 0.25) is 0 Å². The Morgan fingerprint density at radius 2 is 2.47 bits per heavy atom. The summed E-state index contributed by atoms with van der Waals surface area (Å²) in [6.07, 6.45) is 6.75. The Morgan fingerprint density at radius 3 is 3.16 bits per heavy atom. The number of rotatable bonds is 7. The van der Waals surface area contributed by atoms with Crippen molar-refractivity contribution in [1.82, 2.24) is 10.3 Å². The SMILES string of the molecule is CCNC(CCC1CCCO1)c1cccnc1OC. The van der Waals surface area contributed by atoms with Crippen LogP contribution < -0.4 is 10.1 Å². The molecule has 1 aromatic rings. The number of pyridine rings is 1. The van der Waals surface area contributed by atoms with Gasteiger partial charge in [-0.3, -0.25) is 0 Å². The molecular weight excluding hydrogens is 240 g/mol. The third kappa shape index (κ3) is 3.91. The summed E-state index contributed by atoms with van der Waals surface area (Å²) >= 11 is 0. The Morgan fingerprint density at radius 1 is 1.58 bits per heavy atom. The van der Waals surface area contributed by atoms with Crippen LogP contribution in [0.3, 0.4) is 0 Å². The number of hydrogen-bond donors (Lipinski definition) is 1. The molecule has 0 bridgehead atoms. The van der Waals surface area contributed by atoms with Crippen LogP contribution in [0.1, 0.15) is 44.2 Å². The molecule has 2 atom stereocenters. The van der Waals surface area contributed by atoms with Crippen molar-refractivity contribution in [2.45, 2.75) is 44.8 Å². The Labute approximate surface area is 115 Å². The highest BCUT2D eigenvalue weighted by molar-refractivity contribution is 5.28. The second kappa shape index (κ2) is 7.46. The average molecular weight is 264 g/mol. The minimum Gasteiger partial charge on any atom is -0.481 e. The van der Waals surface area contributed by atoms with Crippen molar-refractivity contribution in [3.05, 3.63) is 23.9 Å². The van der Waals surface area contributed by atoms with E-state index in [1.807, 2.05) is 6.07 Å². The largest absolute Gasteiger partial charge is 0.481 e. The van der Waals surface area contributed by atoms with E-state index in [-0.39, 0.29) is 6.04 Å². The van der Waals surface area contributed by atoms with E-state index in [1.165, 1.54) is 12.8 Å². The Bertz CT molecular complexity index is 378. The molecule has 1 N–H and O–H groups in total. The van der Waals surface area contributed by atoms with Gasteiger partial charge >= 0.3 is 0 Å². The standard InChI is InChI=1S/C15H24N2O2/c1-3-16-14(9-8-12-6-5-11-19-12)13-7-4-10-17-15(13)18-2/h4,7,10,12,14,16H,3,5-6,8-9,11H2,1-2H3. The van der Waals surface area contributed by atoms with Gasteiger partial charge in [0, 0.05) is 24.4 Å². The van der Waals surface area contributed by atoms with Crippen molar-refractivity contribution in [3.63, 3.8) is 0 Å². The van der Waals surface area contributed by atoms with Crippen LogP contribution in [0.25, 0.3) is 0 Å². The van der Waals surface area contributed by atoms with Crippen molar-refractivity contribution in [2.75, 3.05) is 20.3 Å². The molecule has 0 spiro atoms. The number of aromatic nitrogens is 1. The molecule has 1 aromatic heterocycles. The minimum absolute atomic E-state index is 0.290. The summed E-state index contributed by atoms with van der Waals surface area (Å²) in [6.45, 7) is 3.99. The van der Waals surface area contributed by atoms with Gasteiger partial charge in [0.15, 0.2) is 0 Å². The molecular formula is C15H24N2O2. The zero-order valence-corrected chi connectivity index (χ0v) is 11.9. The van der Waals surface area contributed by atoms with Crippen molar-refractivity contribution >= 4 is 0 Å². The quantitative estimate of drug-likeness (QED) is 0.822. The molecule has 2 unspecified atom stereocenters. The second-order valence-corrected chi connectivity index (χ2v) is 4.92. The smallest absolute Gasteiger partial charge is 0.217 e. The normalized spacial score (nSPS) is 20.4. The molecule has 0 aromatic carbocycles. The lowest BCUT2D eigenvalue weighted by Crippen LogP contribution is -2.23. The highest BCUT2D eigenvalue weighted by Crippen LogP contribution is 2.28. The van der Waals surface area contributed by atoms with E-state index in [9.17, 15) is 0 Å². The Hall–Kier alpha value is -1.13. The van der Waals surface area contributed by atoms with Gasteiger partial charge in [0.1, 0.15) is 0 Å². The van der Waals surface area contributed by atoms with Gasteiger partial charge in [0.2, 0.25) is 5.88 Å². The number of hydrogen-bond acceptors (Lipinski definition) is 4. The first-order chi connectivity index (χ1) is 9.35. The van der Waals surface area contributed by atoms with Crippen LogP contribution in [-0.4, -0.2) is 31.3 Å². The summed E-state index contributed by atoms with van der Waals surface area (Å²) in [5.41, 5.74) is 1.14. The molecule has 1 fully saturated rings. The Kier molecular flexibility index (Phi) is 5.61. The van der Waals surface area contributed by atoms with E-state index in [1.54, 1.807) is 13.3 Å². The summed E-state index contributed by atoms with van der Waals surface area (Å²) < 4.78 is 11.1. The molecule has 1 aliphatic heterocycles. The van der Waals surface area contributed by atoms with Gasteiger partial charge in [-0.05, 0) is 38.3 Å². The molecule has 0 amide bonds. The van der Waals surface area contributed by atoms with Gasteiger partial charge in [-0.15, -0.1) is 0 Å². The Balaban J connectivity index is 2.01. The molecule has 106 valence electrons. The predicted molar refractivity (Wildman–Crippen MR) is 75.4 cm³/mol. The van der Waals surface area contributed by atoms with Crippen molar-refractivity contribution in [3.8, 4) is 5.88 Å². The van der Waals surface area contributed by atoms with E-state index >= 15 is 0 Å². The van der Waals surface area contributed by atoms with Crippen molar-refractivity contribution in [1.29, 1.82) is 0 Å². The number of nitrogens with zero attached hydrogens (tertiary/aromatic N) is 1. The second-order valence-electron chi connectivity index (χ2n) is 4.92. The highest BCUT2D eigenvalue weighted by atomic mass is 16.5. The van der Waals surface area contributed by atoms with E-state index in [2.05, 4.69) is 23.3 Å². The van der Waals surface area contributed by atoms with Gasteiger partial charge < -0.3 is 14.8 Å². The third-order valence-electron chi connectivity index (χ3n) is 3.62. The molecule has 2 rings (SSSR count). The summed E-state index contributed by atoms with van der Waals surface area (Å²) in [6, 6.07) is 4.35. The van der Waals surface area contributed by atoms with Crippen LogP contribution in [-0.2, 0) is 4.74 Å². The first kappa shape index (κ1) is 14.3. The lowest BCUT2D eigenvalue weighted by molar-refractivity contribution is 0.0995. The first-order valence-corrected chi connectivity index (χ1v) is 7.19. The molecule has 4 nitrogen and oxygen atoms in total.